The summed E-state index contributed by atoms with van der Waals surface area (Å²) in [6.45, 7) is 6.97. The van der Waals surface area contributed by atoms with Crippen LogP contribution in [0, 0.1) is 19.8 Å². The number of fused-ring (bicyclic) bond motifs is 4. The average molecular weight is 607 g/mol. The molecule has 13 heteroatoms. The highest BCUT2D eigenvalue weighted by atomic mass is 32.2. The number of aryl methyl sites for hydroxylation is 2. The molecule has 4 bridgehead atoms. The van der Waals surface area contributed by atoms with Gasteiger partial charge in [0.1, 0.15) is 6.61 Å². The standard InChI is InChI=1S/C29H33F3N4O5S/c1-18(2)14-22-17-40-25-16-24(26-19(3)8-5-9-20(26)4)33-28(34-25)35-42(38,39)23-11-6-10-21(15-23)27(37)36(22)12-7-13-41-29(30,31)32/h5-6,8-11,15-16,18,22H,7,12-14,17H2,1-4H3,(H,33,34,35)/t22-/m1/s1. The van der Waals surface area contributed by atoms with Crippen molar-refractivity contribution in [3.05, 3.63) is 65.2 Å². The van der Waals surface area contributed by atoms with E-state index in [0.29, 0.717) is 12.1 Å². The smallest absolute Gasteiger partial charge is 0.475 e. The number of halogens is 3. The van der Waals surface area contributed by atoms with Gasteiger partial charge in [0, 0.05) is 23.7 Å². The molecular formula is C29H33F3N4O5S. The van der Waals surface area contributed by atoms with Crippen LogP contribution in [0.4, 0.5) is 19.1 Å². The minimum atomic E-state index is -4.79. The van der Waals surface area contributed by atoms with E-state index in [-0.39, 0.29) is 47.8 Å². The molecular weight excluding hydrogens is 573 g/mol. The third-order valence-electron chi connectivity index (χ3n) is 6.73. The SMILES string of the molecule is Cc1cccc(C)c1-c1cc2nc(n1)NS(=O)(=O)c1cccc(c1)C(=O)N(CCCOC(F)(F)F)[C@H](CC(C)C)CO2. The zero-order valence-corrected chi connectivity index (χ0v) is 24.6. The maximum Gasteiger partial charge on any atom is 0.522 e. The van der Waals surface area contributed by atoms with Crippen LogP contribution in [0.1, 0.15) is 48.2 Å². The first kappa shape index (κ1) is 31.2. The number of nitrogens with zero attached hydrogens (tertiary/aromatic N) is 3. The summed E-state index contributed by atoms with van der Waals surface area (Å²) < 4.78 is 77.0. The maximum atomic E-state index is 13.8. The van der Waals surface area contributed by atoms with Gasteiger partial charge in [-0.3, -0.25) is 9.53 Å². The lowest BCUT2D eigenvalue weighted by molar-refractivity contribution is -0.324. The maximum absolute atomic E-state index is 13.8. The average Bonchev–Trinajstić information content (AvgIpc) is 2.89. The number of sulfonamides is 1. The van der Waals surface area contributed by atoms with Gasteiger partial charge < -0.3 is 9.64 Å². The van der Waals surface area contributed by atoms with Crippen molar-refractivity contribution in [3.8, 4) is 17.1 Å². The molecule has 1 aliphatic rings. The van der Waals surface area contributed by atoms with Crippen LogP contribution < -0.4 is 9.46 Å². The molecule has 2 aromatic carbocycles. The summed E-state index contributed by atoms with van der Waals surface area (Å²) in [5.74, 6) is -0.576. The lowest BCUT2D eigenvalue weighted by Gasteiger charge is -2.33. The van der Waals surface area contributed by atoms with Crippen LogP contribution in [0.2, 0.25) is 0 Å². The molecule has 9 nitrogen and oxygen atoms in total. The molecule has 0 fully saturated rings. The van der Waals surface area contributed by atoms with Gasteiger partial charge in [-0.1, -0.05) is 38.1 Å². The third-order valence-corrected chi connectivity index (χ3v) is 8.06. The number of hydrogen-bond acceptors (Lipinski definition) is 7. The van der Waals surface area contributed by atoms with Crippen molar-refractivity contribution in [2.45, 2.75) is 57.8 Å². The molecule has 1 amide bonds. The summed E-state index contributed by atoms with van der Waals surface area (Å²) in [6.07, 6.45) is -4.43. The summed E-state index contributed by atoms with van der Waals surface area (Å²) in [5, 5.41) is 0. The second-order valence-electron chi connectivity index (χ2n) is 10.6. The van der Waals surface area contributed by atoms with E-state index in [9.17, 15) is 26.4 Å². The summed E-state index contributed by atoms with van der Waals surface area (Å²) in [4.78, 5) is 23.8. The van der Waals surface area contributed by atoms with Gasteiger partial charge in [0.2, 0.25) is 11.8 Å². The van der Waals surface area contributed by atoms with E-state index in [0.717, 1.165) is 16.7 Å². The number of alkyl halides is 3. The Labute approximate surface area is 243 Å². The van der Waals surface area contributed by atoms with E-state index in [1.165, 1.54) is 29.2 Å². The highest BCUT2D eigenvalue weighted by molar-refractivity contribution is 7.92. The first-order chi connectivity index (χ1) is 19.7. The lowest BCUT2D eigenvalue weighted by Crippen LogP contribution is -2.45. The van der Waals surface area contributed by atoms with Gasteiger partial charge in [0.05, 0.1) is 23.2 Å². The molecule has 1 atom stereocenters. The number of nitrogens with one attached hydrogen (secondary N) is 1. The minimum absolute atomic E-state index is 0.0425. The second-order valence-corrected chi connectivity index (χ2v) is 12.2. The fourth-order valence-electron chi connectivity index (χ4n) is 4.92. The number of amides is 1. The van der Waals surface area contributed by atoms with E-state index < -0.39 is 34.9 Å². The summed E-state index contributed by atoms with van der Waals surface area (Å²) in [5.41, 5.74) is 3.11. The normalized spacial score (nSPS) is 17.1. The van der Waals surface area contributed by atoms with E-state index in [4.69, 9.17) is 4.74 Å². The zero-order valence-electron chi connectivity index (χ0n) is 23.7. The molecule has 0 saturated carbocycles. The number of carbonyl (C=O) groups is 1. The Bertz CT molecular complexity index is 1530. The van der Waals surface area contributed by atoms with Crippen LogP contribution in [-0.4, -0.2) is 61.4 Å². The van der Waals surface area contributed by atoms with Gasteiger partial charge in [0.25, 0.3) is 15.9 Å². The largest absolute Gasteiger partial charge is 0.522 e. The molecule has 1 aliphatic heterocycles. The Balaban J connectivity index is 1.81. The Morgan fingerprint density at radius 3 is 2.45 bits per heavy atom. The number of carbonyl (C=O) groups excluding carboxylic acids is 1. The first-order valence-corrected chi connectivity index (χ1v) is 14.9. The molecule has 226 valence electrons. The van der Waals surface area contributed by atoms with Gasteiger partial charge in [-0.15, -0.1) is 13.2 Å². The fraction of sp³-hybridized carbons (Fsp3) is 0.414. The molecule has 1 N–H and O–H groups in total. The van der Waals surface area contributed by atoms with Crippen molar-refractivity contribution in [2.24, 2.45) is 5.92 Å². The number of rotatable bonds is 7. The predicted molar refractivity (Wildman–Crippen MR) is 151 cm³/mol. The molecule has 0 radical (unpaired) electrons. The van der Waals surface area contributed by atoms with Crippen molar-refractivity contribution in [3.63, 3.8) is 0 Å². The van der Waals surface area contributed by atoms with Crippen LogP contribution in [0.25, 0.3) is 11.3 Å². The Morgan fingerprint density at radius 2 is 1.79 bits per heavy atom. The lowest BCUT2D eigenvalue weighted by atomic mass is 10.00. The van der Waals surface area contributed by atoms with E-state index >= 15 is 0 Å². The summed E-state index contributed by atoms with van der Waals surface area (Å²) >= 11 is 0. The topological polar surface area (TPSA) is 111 Å². The minimum Gasteiger partial charge on any atom is -0.475 e. The van der Waals surface area contributed by atoms with Crippen LogP contribution >= 0.6 is 0 Å². The van der Waals surface area contributed by atoms with E-state index in [1.54, 1.807) is 6.07 Å². The summed E-state index contributed by atoms with van der Waals surface area (Å²) in [6, 6.07) is 12.2. The molecule has 4 rings (SSSR count). The number of aromatic nitrogens is 2. The Hall–Kier alpha value is -3.71. The predicted octanol–water partition coefficient (Wildman–Crippen LogP) is 5.74. The molecule has 0 unspecified atom stereocenters. The van der Waals surface area contributed by atoms with Gasteiger partial charge in [-0.2, -0.15) is 4.98 Å². The van der Waals surface area contributed by atoms with Crippen molar-refractivity contribution in [1.29, 1.82) is 0 Å². The molecule has 0 saturated heterocycles. The molecule has 0 aliphatic carbocycles. The van der Waals surface area contributed by atoms with Crippen LogP contribution in [0.5, 0.6) is 5.88 Å². The zero-order chi connectivity index (χ0) is 30.7. The quantitative estimate of drug-likeness (QED) is 0.342. The van der Waals surface area contributed by atoms with Crippen molar-refractivity contribution in [1.82, 2.24) is 14.9 Å². The monoisotopic (exact) mass is 606 g/mol. The number of hydrogen-bond donors (Lipinski definition) is 1. The van der Waals surface area contributed by atoms with Gasteiger partial charge >= 0.3 is 6.36 Å². The van der Waals surface area contributed by atoms with Gasteiger partial charge in [-0.25, -0.2) is 18.1 Å². The number of anilines is 1. The molecule has 42 heavy (non-hydrogen) atoms. The van der Waals surface area contributed by atoms with Crippen LogP contribution in [0.15, 0.2) is 53.4 Å². The Kier molecular flexibility index (Phi) is 9.41. The molecule has 3 aromatic rings. The van der Waals surface area contributed by atoms with Crippen molar-refractivity contribution >= 4 is 21.9 Å². The van der Waals surface area contributed by atoms with Crippen LogP contribution in [0.3, 0.4) is 0 Å². The van der Waals surface area contributed by atoms with Gasteiger partial charge in [0.15, 0.2) is 0 Å². The third kappa shape index (κ3) is 7.77. The molecule has 1 aromatic heterocycles. The molecule has 2 heterocycles. The van der Waals surface area contributed by atoms with Crippen molar-refractivity contribution in [2.75, 3.05) is 24.5 Å². The van der Waals surface area contributed by atoms with E-state index in [1.807, 2.05) is 45.9 Å². The van der Waals surface area contributed by atoms with Crippen LogP contribution in [-0.2, 0) is 14.8 Å². The highest BCUT2D eigenvalue weighted by Crippen LogP contribution is 2.30. The van der Waals surface area contributed by atoms with Gasteiger partial charge in [-0.05, 0) is 61.9 Å². The summed E-state index contributed by atoms with van der Waals surface area (Å²) in [7, 11) is -4.23. The molecule has 0 spiro atoms. The fourth-order valence-corrected chi connectivity index (χ4v) is 5.91. The highest BCUT2D eigenvalue weighted by Gasteiger charge is 2.31. The second kappa shape index (κ2) is 12.7. The number of benzene rings is 2. The number of ether oxygens (including phenoxy) is 2. The Morgan fingerprint density at radius 1 is 1.10 bits per heavy atom. The van der Waals surface area contributed by atoms with Crippen molar-refractivity contribution < 1.29 is 35.9 Å². The first-order valence-electron chi connectivity index (χ1n) is 13.5. The van der Waals surface area contributed by atoms with E-state index in [2.05, 4.69) is 19.4 Å².